The number of terminal acetylenes is 1. The molecule has 0 bridgehead atoms. The van der Waals surface area contributed by atoms with E-state index >= 15 is 0 Å². The molecule has 1 aromatic rings. The summed E-state index contributed by atoms with van der Waals surface area (Å²) in [6.07, 6.45) is 5.13. The van der Waals surface area contributed by atoms with Gasteiger partial charge in [0.05, 0.1) is 12.1 Å². The highest BCUT2D eigenvalue weighted by Crippen LogP contribution is 2.23. The first kappa shape index (κ1) is 13.1. The highest BCUT2D eigenvalue weighted by atomic mass is 32.1. The number of nitrogens with one attached hydrogen (secondary N) is 1. The van der Waals surface area contributed by atoms with Gasteiger partial charge in [0.1, 0.15) is 5.00 Å². The second-order valence-corrected chi connectivity index (χ2v) is 4.03. The molecule has 2 amide bonds. The fourth-order valence-electron chi connectivity index (χ4n) is 1.19. The van der Waals surface area contributed by atoms with Crippen LogP contribution in [0.1, 0.15) is 17.3 Å². The van der Waals surface area contributed by atoms with Gasteiger partial charge in [-0.15, -0.1) is 17.8 Å². The van der Waals surface area contributed by atoms with Gasteiger partial charge in [-0.2, -0.15) is 0 Å². The summed E-state index contributed by atoms with van der Waals surface area (Å²) < 4.78 is 0. The van der Waals surface area contributed by atoms with E-state index in [4.69, 9.17) is 11.5 Å². The van der Waals surface area contributed by atoms with Crippen LogP contribution in [0, 0.1) is 12.3 Å². The number of thiophene rings is 1. The molecule has 0 unspecified atom stereocenters. The second-order valence-electron chi connectivity index (χ2n) is 3.12. The van der Waals surface area contributed by atoms with Gasteiger partial charge in [0.2, 0.25) is 0 Å². The lowest BCUT2D eigenvalue weighted by Gasteiger charge is -2.18. The summed E-state index contributed by atoms with van der Waals surface area (Å²) in [7, 11) is 0. The molecule has 0 fully saturated rings. The van der Waals surface area contributed by atoms with Gasteiger partial charge in [-0.05, 0) is 18.4 Å². The predicted molar refractivity (Wildman–Crippen MR) is 66.4 cm³/mol. The molecule has 0 aliphatic rings. The zero-order chi connectivity index (χ0) is 12.8. The summed E-state index contributed by atoms with van der Waals surface area (Å²) in [5.74, 6) is 1.30. The second kappa shape index (κ2) is 5.92. The lowest BCUT2D eigenvalue weighted by molar-refractivity contribution is 0.0698. The number of nitrogens with zero attached hydrogens (tertiary/aromatic N) is 1. The molecule has 0 aliphatic carbocycles. The van der Waals surface area contributed by atoms with Crippen molar-refractivity contribution in [3.8, 4) is 12.3 Å². The molecule has 1 aromatic heterocycles. The van der Waals surface area contributed by atoms with Gasteiger partial charge in [-0.25, -0.2) is 9.59 Å². The van der Waals surface area contributed by atoms with Crippen molar-refractivity contribution in [1.29, 1.82) is 0 Å². The van der Waals surface area contributed by atoms with Crippen molar-refractivity contribution in [2.45, 2.75) is 6.92 Å². The van der Waals surface area contributed by atoms with Crippen molar-refractivity contribution >= 4 is 28.3 Å². The Kier molecular flexibility index (Phi) is 4.55. The molecule has 0 radical (unpaired) electrons. The first-order chi connectivity index (χ1) is 8.10. The van der Waals surface area contributed by atoms with Crippen LogP contribution in [-0.4, -0.2) is 35.1 Å². The van der Waals surface area contributed by atoms with Crippen molar-refractivity contribution in [2.75, 3.05) is 18.4 Å². The SMILES string of the molecule is C#CCN(CC)C(=O)Nc1sccc1C(=O)O. The third-order valence-corrected chi connectivity index (χ3v) is 2.90. The Balaban J connectivity index is 2.77. The van der Waals surface area contributed by atoms with E-state index in [9.17, 15) is 9.59 Å². The van der Waals surface area contributed by atoms with Crippen LogP contribution in [0.3, 0.4) is 0 Å². The summed E-state index contributed by atoms with van der Waals surface area (Å²) in [6, 6.07) is 1.05. The molecule has 6 heteroatoms. The highest BCUT2D eigenvalue weighted by Gasteiger charge is 2.16. The molecule has 5 nitrogen and oxygen atoms in total. The van der Waals surface area contributed by atoms with Crippen molar-refractivity contribution in [3.63, 3.8) is 0 Å². The molecule has 0 aromatic carbocycles. The van der Waals surface area contributed by atoms with E-state index in [2.05, 4.69) is 11.2 Å². The average Bonchev–Trinajstić information content (AvgIpc) is 2.73. The number of carboxylic acid groups (broad SMARTS) is 1. The van der Waals surface area contributed by atoms with Crippen LogP contribution in [-0.2, 0) is 0 Å². The van der Waals surface area contributed by atoms with Gasteiger partial charge in [-0.3, -0.25) is 5.32 Å². The Hall–Kier alpha value is -2.00. The number of carboxylic acids is 1. The van der Waals surface area contributed by atoms with E-state index in [1.807, 2.05) is 0 Å². The van der Waals surface area contributed by atoms with Crippen molar-refractivity contribution < 1.29 is 14.7 Å². The van der Waals surface area contributed by atoms with Crippen LogP contribution in [0.25, 0.3) is 0 Å². The largest absolute Gasteiger partial charge is 0.478 e. The molecular weight excluding hydrogens is 240 g/mol. The van der Waals surface area contributed by atoms with E-state index in [1.165, 1.54) is 11.0 Å². The van der Waals surface area contributed by atoms with Crippen LogP contribution in [0.4, 0.5) is 9.80 Å². The lowest BCUT2D eigenvalue weighted by Crippen LogP contribution is -2.35. The zero-order valence-electron chi connectivity index (χ0n) is 9.27. The lowest BCUT2D eigenvalue weighted by atomic mass is 10.3. The maximum atomic E-state index is 11.7. The summed E-state index contributed by atoms with van der Waals surface area (Å²) in [4.78, 5) is 24.0. The topological polar surface area (TPSA) is 69.6 Å². The molecule has 1 heterocycles. The Morgan fingerprint density at radius 2 is 2.35 bits per heavy atom. The normalized spacial score (nSPS) is 9.41. The number of hydrogen-bond donors (Lipinski definition) is 2. The maximum Gasteiger partial charge on any atom is 0.338 e. The van der Waals surface area contributed by atoms with E-state index in [0.717, 1.165) is 11.3 Å². The predicted octanol–water partition coefficient (Wildman–Crippen LogP) is 1.93. The molecule has 2 N–H and O–H groups in total. The minimum absolute atomic E-state index is 0.0834. The first-order valence-electron chi connectivity index (χ1n) is 4.90. The number of carbonyl (C=O) groups is 2. The molecule has 90 valence electrons. The van der Waals surface area contributed by atoms with Crippen molar-refractivity contribution in [1.82, 2.24) is 4.90 Å². The van der Waals surface area contributed by atoms with Crippen LogP contribution < -0.4 is 5.32 Å². The van der Waals surface area contributed by atoms with E-state index < -0.39 is 12.0 Å². The van der Waals surface area contributed by atoms with E-state index in [0.29, 0.717) is 11.5 Å². The van der Waals surface area contributed by atoms with Crippen molar-refractivity contribution in [2.24, 2.45) is 0 Å². The van der Waals surface area contributed by atoms with Crippen LogP contribution >= 0.6 is 11.3 Å². The summed E-state index contributed by atoms with van der Waals surface area (Å²) >= 11 is 1.16. The third kappa shape index (κ3) is 3.23. The summed E-state index contributed by atoms with van der Waals surface area (Å²) in [5.41, 5.74) is 0.0834. The Morgan fingerprint density at radius 1 is 1.65 bits per heavy atom. The van der Waals surface area contributed by atoms with Crippen LogP contribution in [0.5, 0.6) is 0 Å². The Morgan fingerprint density at radius 3 is 2.88 bits per heavy atom. The Labute approximate surface area is 103 Å². The molecule has 0 aliphatic heterocycles. The number of amides is 2. The standard InChI is InChI=1S/C11H12N2O3S/c1-3-6-13(4-2)11(16)12-9-8(10(14)15)5-7-17-9/h1,5,7H,4,6H2,2H3,(H,12,16)(H,14,15). The van der Waals surface area contributed by atoms with Gasteiger partial charge in [0.15, 0.2) is 0 Å². The smallest absolute Gasteiger partial charge is 0.338 e. The van der Waals surface area contributed by atoms with Gasteiger partial charge >= 0.3 is 12.0 Å². The number of rotatable bonds is 4. The monoisotopic (exact) mass is 252 g/mol. The third-order valence-electron chi connectivity index (χ3n) is 2.07. The molecule has 0 atom stereocenters. The van der Waals surface area contributed by atoms with Crippen molar-refractivity contribution in [3.05, 3.63) is 17.0 Å². The quantitative estimate of drug-likeness (QED) is 0.804. The average molecular weight is 252 g/mol. The summed E-state index contributed by atoms with van der Waals surface area (Å²) in [5, 5.41) is 13.3. The molecule has 1 rings (SSSR count). The maximum absolute atomic E-state index is 11.7. The highest BCUT2D eigenvalue weighted by molar-refractivity contribution is 7.14. The number of carbonyl (C=O) groups excluding carboxylic acids is 1. The fraction of sp³-hybridized carbons (Fsp3) is 0.273. The molecular formula is C11H12N2O3S. The molecule has 0 saturated heterocycles. The molecule has 17 heavy (non-hydrogen) atoms. The number of urea groups is 1. The number of aromatic carboxylic acids is 1. The first-order valence-corrected chi connectivity index (χ1v) is 5.78. The van der Waals surface area contributed by atoms with Gasteiger partial charge in [0, 0.05) is 6.54 Å². The summed E-state index contributed by atoms with van der Waals surface area (Å²) in [6.45, 7) is 2.45. The van der Waals surface area contributed by atoms with Gasteiger partial charge in [-0.1, -0.05) is 5.92 Å². The fourth-order valence-corrected chi connectivity index (χ4v) is 1.96. The van der Waals surface area contributed by atoms with Gasteiger partial charge < -0.3 is 10.0 Å². The van der Waals surface area contributed by atoms with E-state index in [-0.39, 0.29) is 12.1 Å². The van der Waals surface area contributed by atoms with Crippen LogP contribution in [0.15, 0.2) is 11.4 Å². The zero-order valence-corrected chi connectivity index (χ0v) is 10.1. The number of hydrogen-bond acceptors (Lipinski definition) is 3. The van der Waals surface area contributed by atoms with E-state index in [1.54, 1.807) is 12.3 Å². The molecule has 0 spiro atoms. The minimum atomic E-state index is -1.07. The van der Waals surface area contributed by atoms with Crippen LogP contribution in [0.2, 0.25) is 0 Å². The number of anilines is 1. The minimum Gasteiger partial charge on any atom is -0.478 e. The Bertz CT molecular complexity index is 462. The molecule has 0 saturated carbocycles. The van der Waals surface area contributed by atoms with Gasteiger partial charge in [0.25, 0.3) is 0 Å².